The Morgan fingerprint density at radius 2 is 1.93 bits per heavy atom. The van der Waals surface area contributed by atoms with Gasteiger partial charge in [0.15, 0.2) is 4.87 Å². The molecule has 1 saturated heterocycles. The molecule has 0 aliphatic carbocycles. The SMILES string of the molecule is CC(Cc1ccc(NC(=O)C23CCC(=O)N2c2ccccc2S3)cc1)C(=O)O. The minimum atomic E-state index is -0.947. The molecule has 0 saturated carbocycles. The molecule has 4 rings (SSSR count). The fourth-order valence-corrected chi connectivity index (χ4v) is 5.11. The van der Waals surface area contributed by atoms with Crippen LogP contribution in [0.25, 0.3) is 0 Å². The zero-order chi connectivity index (χ0) is 19.9. The molecule has 2 aromatic rings. The van der Waals surface area contributed by atoms with E-state index in [9.17, 15) is 14.4 Å². The molecule has 0 bridgehead atoms. The second-order valence-corrected chi connectivity index (χ2v) is 8.50. The Morgan fingerprint density at radius 1 is 1.21 bits per heavy atom. The van der Waals surface area contributed by atoms with E-state index < -0.39 is 16.8 Å². The van der Waals surface area contributed by atoms with E-state index in [-0.39, 0.29) is 11.8 Å². The summed E-state index contributed by atoms with van der Waals surface area (Å²) in [6.45, 7) is 1.66. The summed E-state index contributed by atoms with van der Waals surface area (Å²) in [6, 6.07) is 14.8. The van der Waals surface area contributed by atoms with Crippen molar-refractivity contribution in [1.82, 2.24) is 0 Å². The van der Waals surface area contributed by atoms with Gasteiger partial charge in [-0.15, -0.1) is 0 Å². The van der Waals surface area contributed by atoms with E-state index in [1.54, 1.807) is 24.0 Å². The second kappa shape index (κ2) is 6.98. The standard InChI is InChI=1S/C21H20N2O4S/c1-13(19(25)26)12-14-6-8-15(9-7-14)22-20(27)21-11-10-18(24)23(21)16-4-2-3-5-17(16)28-21/h2-9,13H,10-12H2,1H3,(H,22,27)(H,25,26). The monoisotopic (exact) mass is 396 g/mol. The topological polar surface area (TPSA) is 86.7 Å². The van der Waals surface area contributed by atoms with Crippen LogP contribution in [-0.4, -0.2) is 27.8 Å². The van der Waals surface area contributed by atoms with Gasteiger partial charge >= 0.3 is 5.97 Å². The minimum Gasteiger partial charge on any atom is -0.481 e. The normalized spacial score (nSPS) is 21.2. The average molecular weight is 396 g/mol. The Kier molecular flexibility index (Phi) is 4.63. The van der Waals surface area contributed by atoms with Crippen LogP contribution in [0.2, 0.25) is 0 Å². The lowest BCUT2D eigenvalue weighted by Gasteiger charge is -2.29. The molecule has 2 aromatic carbocycles. The van der Waals surface area contributed by atoms with Crippen LogP contribution in [0.4, 0.5) is 11.4 Å². The highest BCUT2D eigenvalue weighted by molar-refractivity contribution is 8.02. The van der Waals surface area contributed by atoms with E-state index in [4.69, 9.17) is 5.11 Å². The molecule has 2 atom stereocenters. The number of thioether (sulfide) groups is 1. The number of rotatable bonds is 5. The summed E-state index contributed by atoms with van der Waals surface area (Å²) in [7, 11) is 0. The Balaban J connectivity index is 1.52. The van der Waals surface area contributed by atoms with Crippen LogP contribution in [-0.2, 0) is 20.8 Å². The number of carboxylic acids is 1. The van der Waals surface area contributed by atoms with Gasteiger partial charge in [-0.05, 0) is 42.7 Å². The number of hydrogen-bond donors (Lipinski definition) is 2. The summed E-state index contributed by atoms with van der Waals surface area (Å²) >= 11 is 1.43. The maximum absolute atomic E-state index is 13.2. The number of carboxylic acid groups (broad SMARTS) is 1. The highest BCUT2D eigenvalue weighted by Crippen LogP contribution is 2.55. The summed E-state index contributed by atoms with van der Waals surface area (Å²) in [5, 5.41) is 12.0. The first-order valence-corrected chi connectivity index (χ1v) is 9.97. The van der Waals surface area contributed by atoms with Gasteiger partial charge in [-0.3, -0.25) is 19.3 Å². The summed E-state index contributed by atoms with van der Waals surface area (Å²) in [5.74, 6) is -1.55. The van der Waals surface area contributed by atoms with Crippen molar-refractivity contribution in [2.75, 3.05) is 10.2 Å². The summed E-state index contributed by atoms with van der Waals surface area (Å²) in [4.78, 5) is 38.3. The molecule has 1 fully saturated rings. The quantitative estimate of drug-likeness (QED) is 0.808. The molecule has 7 heteroatoms. The molecule has 2 aliphatic heterocycles. The third-order valence-corrected chi connectivity index (χ3v) is 6.68. The van der Waals surface area contributed by atoms with Crippen molar-refractivity contribution >= 4 is 40.9 Å². The third kappa shape index (κ3) is 3.05. The molecular weight excluding hydrogens is 376 g/mol. The van der Waals surface area contributed by atoms with Gasteiger partial charge in [-0.25, -0.2) is 0 Å². The van der Waals surface area contributed by atoms with Crippen molar-refractivity contribution in [2.24, 2.45) is 5.92 Å². The fourth-order valence-electron chi connectivity index (χ4n) is 3.69. The first kappa shape index (κ1) is 18.6. The molecule has 6 nitrogen and oxygen atoms in total. The number of nitrogens with zero attached hydrogens (tertiary/aromatic N) is 1. The van der Waals surface area contributed by atoms with Gasteiger partial charge in [0.1, 0.15) is 0 Å². The zero-order valence-corrected chi connectivity index (χ0v) is 16.2. The van der Waals surface area contributed by atoms with E-state index in [0.717, 1.165) is 16.1 Å². The van der Waals surface area contributed by atoms with E-state index in [0.29, 0.717) is 24.9 Å². The number of aliphatic carboxylic acids is 1. The summed E-state index contributed by atoms with van der Waals surface area (Å²) in [6.07, 6.45) is 1.24. The fraction of sp³-hybridized carbons (Fsp3) is 0.286. The molecule has 2 unspecified atom stereocenters. The van der Waals surface area contributed by atoms with Gasteiger partial charge in [-0.2, -0.15) is 0 Å². The van der Waals surface area contributed by atoms with Crippen molar-refractivity contribution in [2.45, 2.75) is 36.0 Å². The van der Waals surface area contributed by atoms with Crippen LogP contribution >= 0.6 is 11.8 Å². The smallest absolute Gasteiger partial charge is 0.306 e. The Bertz CT molecular complexity index is 959. The van der Waals surface area contributed by atoms with Gasteiger partial charge in [0.25, 0.3) is 5.91 Å². The molecule has 2 amide bonds. The van der Waals surface area contributed by atoms with E-state index in [2.05, 4.69) is 5.32 Å². The molecule has 0 spiro atoms. The largest absolute Gasteiger partial charge is 0.481 e. The lowest BCUT2D eigenvalue weighted by Crippen LogP contribution is -2.49. The predicted octanol–water partition coefficient (Wildman–Crippen LogP) is 3.52. The van der Waals surface area contributed by atoms with Gasteiger partial charge in [0.2, 0.25) is 5.91 Å². The average Bonchev–Trinajstić information content (AvgIpc) is 3.19. The number of carbonyl (C=O) groups excluding carboxylic acids is 2. The number of fused-ring (bicyclic) bond motifs is 3. The molecule has 28 heavy (non-hydrogen) atoms. The highest BCUT2D eigenvalue weighted by Gasteiger charge is 2.57. The third-order valence-electron chi connectivity index (χ3n) is 5.20. The van der Waals surface area contributed by atoms with Crippen molar-refractivity contribution in [3.05, 3.63) is 54.1 Å². The van der Waals surface area contributed by atoms with Crippen LogP contribution in [0.3, 0.4) is 0 Å². The number of para-hydroxylation sites is 1. The van der Waals surface area contributed by atoms with Crippen LogP contribution < -0.4 is 10.2 Å². The van der Waals surface area contributed by atoms with Crippen molar-refractivity contribution in [3.8, 4) is 0 Å². The van der Waals surface area contributed by atoms with Gasteiger partial charge in [-0.1, -0.05) is 43.0 Å². The van der Waals surface area contributed by atoms with Gasteiger partial charge < -0.3 is 10.4 Å². The maximum Gasteiger partial charge on any atom is 0.306 e. The molecule has 0 aromatic heterocycles. The molecule has 2 aliphatic rings. The van der Waals surface area contributed by atoms with Gasteiger partial charge in [0, 0.05) is 17.0 Å². The second-order valence-electron chi connectivity index (χ2n) is 7.18. The molecule has 2 N–H and O–H groups in total. The first-order valence-electron chi connectivity index (χ1n) is 9.15. The molecule has 144 valence electrons. The molecule has 2 heterocycles. The van der Waals surface area contributed by atoms with Crippen molar-refractivity contribution in [3.63, 3.8) is 0 Å². The zero-order valence-electron chi connectivity index (χ0n) is 15.3. The van der Waals surface area contributed by atoms with Crippen molar-refractivity contribution in [1.29, 1.82) is 0 Å². The number of anilines is 2. The lowest BCUT2D eigenvalue weighted by atomic mass is 10.0. The molecular formula is C21H20N2O4S. The van der Waals surface area contributed by atoms with E-state index in [1.807, 2.05) is 36.4 Å². The first-order chi connectivity index (χ1) is 13.4. The number of benzene rings is 2. The van der Waals surface area contributed by atoms with Crippen molar-refractivity contribution < 1.29 is 19.5 Å². The van der Waals surface area contributed by atoms with Crippen LogP contribution in [0.15, 0.2) is 53.4 Å². The summed E-state index contributed by atoms with van der Waals surface area (Å²) in [5.41, 5.74) is 2.32. The van der Waals surface area contributed by atoms with E-state index >= 15 is 0 Å². The highest BCUT2D eigenvalue weighted by atomic mass is 32.2. The van der Waals surface area contributed by atoms with Crippen LogP contribution in [0, 0.1) is 5.92 Å². The van der Waals surface area contributed by atoms with Gasteiger partial charge in [0.05, 0.1) is 11.6 Å². The maximum atomic E-state index is 13.2. The van der Waals surface area contributed by atoms with E-state index in [1.165, 1.54) is 11.8 Å². The lowest BCUT2D eigenvalue weighted by molar-refractivity contribution is -0.141. The predicted molar refractivity (Wildman–Crippen MR) is 107 cm³/mol. The summed E-state index contributed by atoms with van der Waals surface area (Å²) < 4.78 is 0. The number of amides is 2. The number of carbonyl (C=O) groups is 3. The molecule has 0 radical (unpaired) electrons. The van der Waals surface area contributed by atoms with Crippen LogP contribution in [0.5, 0.6) is 0 Å². The van der Waals surface area contributed by atoms with Crippen LogP contribution in [0.1, 0.15) is 25.3 Å². The minimum absolute atomic E-state index is 0.0365. The Morgan fingerprint density at radius 3 is 2.64 bits per heavy atom. The Labute approximate surface area is 166 Å². The number of hydrogen-bond acceptors (Lipinski definition) is 4. The Hall–Kier alpha value is -2.80. The number of nitrogens with one attached hydrogen (secondary N) is 1.